The lowest BCUT2D eigenvalue weighted by atomic mass is 10.1. The average molecular weight is 302 g/mol. The van der Waals surface area contributed by atoms with Crippen molar-refractivity contribution in [1.29, 1.82) is 0 Å². The monoisotopic (exact) mass is 301 g/mol. The number of halogens is 1. The van der Waals surface area contributed by atoms with E-state index in [2.05, 4.69) is 21.2 Å². The van der Waals surface area contributed by atoms with Crippen molar-refractivity contribution in [2.75, 3.05) is 10.6 Å². The van der Waals surface area contributed by atoms with E-state index < -0.39 is 6.10 Å². The molecule has 3 nitrogen and oxygen atoms in total. The van der Waals surface area contributed by atoms with Crippen molar-refractivity contribution in [3.8, 4) is 0 Å². The van der Waals surface area contributed by atoms with Crippen LogP contribution in [0.5, 0.6) is 0 Å². The summed E-state index contributed by atoms with van der Waals surface area (Å²) in [6, 6.07) is 5.66. The Hall–Kier alpha value is -0.520. The first kappa shape index (κ1) is 12.0. The van der Waals surface area contributed by atoms with Gasteiger partial charge in [0.1, 0.15) is 0 Å². The Morgan fingerprint density at radius 3 is 3.06 bits per heavy atom. The van der Waals surface area contributed by atoms with E-state index in [9.17, 15) is 9.90 Å². The number of rotatable bonds is 2. The summed E-state index contributed by atoms with van der Waals surface area (Å²) in [6.07, 6.45) is -0.536. The van der Waals surface area contributed by atoms with Crippen molar-refractivity contribution >= 4 is 39.3 Å². The summed E-state index contributed by atoms with van der Waals surface area (Å²) in [7, 11) is 0. The number of fused-ring (bicyclic) bond motifs is 1. The number of thioether (sulfide) groups is 1. The van der Waals surface area contributed by atoms with E-state index in [1.54, 1.807) is 11.8 Å². The Morgan fingerprint density at radius 1 is 1.62 bits per heavy atom. The molecule has 86 valence electrons. The van der Waals surface area contributed by atoms with Gasteiger partial charge in [-0.1, -0.05) is 22.0 Å². The molecule has 5 heteroatoms. The molecule has 1 aromatic carbocycles. The zero-order valence-electron chi connectivity index (χ0n) is 8.74. The van der Waals surface area contributed by atoms with Crippen LogP contribution < -0.4 is 5.32 Å². The van der Waals surface area contributed by atoms with Gasteiger partial charge in [-0.15, -0.1) is 11.8 Å². The van der Waals surface area contributed by atoms with Gasteiger partial charge in [-0.3, -0.25) is 4.79 Å². The van der Waals surface area contributed by atoms with Crippen LogP contribution in [-0.4, -0.2) is 21.6 Å². The molecule has 1 heterocycles. The van der Waals surface area contributed by atoms with Gasteiger partial charge in [0.25, 0.3) is 0 Å². The van der Waals surface area contributed by atoms with Gasteiger partial charge in [-0.05, 0) is 24.6 Å². The van der Waals surface area contributed by atoms with Gasteiger partial charge in [0.15, 0.2) is 0 Å². The second-order valence-corrected chi connectivity index (χ2v) is 5.71. The molecule has 2 unspecified atom stereocenters. The third kappa shape index (κ3) is 2.26. The van der Waals surface area contributed by atoms with Crippen molar-refractivity contribution in [2.24, 2.45) is 0 Å². The van der Waals surface area contributed by atoms with Crippen molar-refractivity contribution in [3.63, 3.8) is 0 Å². The van der Waals surface area contributed by atoms with Gasteiger partial charge in [-0.25, -0.2) is 0 Å². The molecule has 0 bridgehead atoms. The maximum Gasteiger partial charge on any atom is 0.237 e. The second-order valence-electron chi connectivity index (χ2n) is 3.68. The number of benzene rings is 1. The summed E-state index contributed by atoms with van der Waals surface area (Å²) < 4.78 is 0. The van der Waals surface area contributed by atoms with Crippen LogP contribution in [0.1, 0.15) is 18.6 Å². The SMILES string of the molecule is CC1Sc2ccc(C(O)CBr)cc2NC1=O. The molecule has 1 aliphatic rings. The summed E-state index contributed by atoms with van der Waals surface area (Å²) in [5.41, 5.74) is 1.61. The minimum absolute atomic E-state index is 0.0167. The topological polar surface area (TPSA) is 49.3 Å². The molecule has 2 N–H and O–H groups in total. The highest BCUT2D eigenvalue weighted by atomic mass is 79.9. The Balaban J connectivity index is 2.32. The first-order valence-corrected chi connectivity index (χ1v) is 6.97. The molecule has 0 aromatic heterocycles. The lowest BCUT2D eigenvalue weighted by Gasteiger charge is -2.22. The number of hydrogen-bond donors (Lipinski definition) is 2. The van der Waals surface area contributed by atoms with Gasteiger partial charge >= 0.3 is 0 Å². The first-order chi connectivity index (χ1) is 7.61. The second kappa shape index (κ2) is 4.77. The minimum Gasteiger partial charge on any atom is -0.388 e. The molecular formula is C11H12BrNO2S. The fourth-order valence-electron chi connectivity index (χ4n) is 1.52. The van der Waals surface area contributed by atoms with E-state index in [1.807, 2.05) is 25.1 Å². The summed E-state index contributed by atoms with van der Waals surface area (Å²) in [5.74, 6) is 0.0167. The number of carbonyl (C=O) groups is 1. The highest BCUT2D eigenvalue weighted by Gasteiger charge is 2.23. The largest absolute Gasteiger partial charge is 0.388 e. The van der Waals surface area contributed by atoms with Gasteiger partial charge in [0.2, 0.25) is 5.91 Å². The number of aliphatic hydroxyl groups excluding tert-OH is 1. The molecule has 16 heavy (non-hydrogen) atoms. The van der Waals surface area contributed by atoms with Crippen molar-refractivity contribution in [3.05, 3.63) is 23.8 Å². The van der Waals surface area contributed by atoms with Gasteiger partial charge in [0, 0.05) is 10.2 Å². The number of carbonyl (C=O) groups excluding carboxylic acids is 1. The molecule has 0 spiro atoms. The molecule has 1 aromatic rings. The molecule has 0 aliphatic carbocycles. The smallest absolute Gasteiger partial charge is 0.237 e. The highest BCUT2D eigenvalue weighted by Crippen LogP contribution is 2.36. The van der Waals surface area contributed by atoms with Crippen molar-refractivity contribution in [2.45, 2.75) is 23.2 Å². The third-order valence-electron chi connectivity index (χ3n) is 2.47. The number of aliphatic hydroxyl groups is 1. The maximum atomic E-state index is 11.5. The van der Waals surface area contributed by atoms with E-state index in [1.165, 1.54) is 0 Å². The zero-order valence-corrected chi connectivity index (χ0v) is 11.1. The number of hydrogen-bond acceptors (Lipinski definition) is 3. The fourth-order valence-corrected chi connectivity index (χ4v) is 2.83. The lowest BCUT2D eigenvalue weighted by Crippen LogP contribution is -2.26. The number of alkyl halides is 1. The molecule has 0 radical (unpaired) electrons. The third-order valence-corrected chi connectivity index (χ3v) is 4.26. The van der Waals surface area contributed by atoms with Crippen molar-refractivity contribution < 1.29 is 9.90 Å². The van der Waals surface area contributed by atoms with E-state index in [-0.39, 0.29) is 11.2 Å². The van der Waals surface area contributed by atoms with Crippen LogP contribution in [0.3, 0.4) is 0 Å². The Labute approximate surface area is 107 Å². The Morgan fingerprint density at radius 2 is 2.38 bits per heavy atom. The average Bonchev–Trinajstić information content (AvgIpc) is 2.29. The van der Waals surface area contributed by atoms with Crippen molar-refractivity contribution in [1.82, 2.24) is 0 Å². The number of amides is 1. The molecule has 1 aliphatic heterocycles. The zero-order chi connectivity index (χ0) is 11.7. The van der Waals surface area contributed by atoms with Gasteiger partial charge in [-0.2, -0.15) is 0 Å². The molecule has 2 atom stereocenters. The maximum absolute atomic E-state index is 11.5. The molecule has 1 amide bonds. The predicted octanol–water partition coefficient (Wildman–Crippen LogP) is 2.55. The number of nitrogens with one attached hydrogen (secondary N) is 1. The fraction of sp³-hybridized carbons (Fsp3) is 0.364. The molecule has 0 fully saturated rings. The lowest BCUT2D eigenvalue weighted by molar-refractivity contribution is -0.115. The van der Waals surface area contributed by atoms with E-state index >= 15 is 0 Å². The Kier molecular flexibility index (Phi) is 3.56. The van der Waals surface area contributed by atoms with E-state index in [0.717, 1.165) is 16.1 Å². The van der Waals surface area contributed by atoms with Crippen LogP contribution in [-0.2, 0) is 4.79 Å². The normalized spacial score (nSPS) is 21.2. The summed E-state index contributed by atoms with van der Waals surface area (Å²) >= 11 is 4.77. The Bertz CT molecular complexity index is 424. The van der Waals surface area contributed by atoms with Crippen LogP contribution in [0.15, 0.2) is 23.1 Å². The van der Waals surface area contributed by atoms with Crippen LogP contribution >= 0.6 is 27.7 Å². The molecule has 2 rings (SSSR count). The van der Waals surface area contributed by atoms with E-state index in [0.29, 0.717) is 5.33 Å². The highest BCUT2D eigenvalue weighted by molar-refractivity contribution is 9.09. The van der Waals surface area contributed by atoms with Crippen LogP contribution in [0.4, 0.5) is 5.69 Å². The number of anilines is 1. The van der Waals surface area contributed by atoms with Gasteiger partial charge in [0.05, 0.1) is 17.0 Å². The quantitative estimate of drug-likeness (QED) is 0.826. The predicted molar refractivity (Wildman–Crippen MR) is 69.1 cm³/mol. The molecular weight excluding hydrogens is 290 g/mol. The van der Waals surface area contributed by atoms with Crippen LogP contribution in [0, 0.1) is 0 Å². The first-order valence-electron chi connectivity index (χ1n) is 4.97. The molecule has 0 saturated heterocycles. The summed E-state index contributed by atoms with van der Waals surface area (Å²) in [6.45, 7) is 1.88. The standard InChI is InChI=1S/C11H12BrNO2S/c1-6-11(15)13-8-4-7(9(14)5-12)2-3-10(8)16-6/h2-4,6,9,14H,5H2,1H3,(H,13,15). The van der Waals surface area contributed by atoms with Gasteiger partial charge < -0.3 is 10.4 Å². The van der Waals surface area contributed by atoms with Crippen LogP contribution in [0.2, 0.25) is 0 Å². The summed E-state index contributed by atoms with van der Waals surface area (Å²) in [4.78, 5) is 12.6. The molecule has 0 saturated carbocycles. The van der Waals surface area contributed by atoms with E-state index in [4.69, 9.17) is 0 Å². The minimum atomic E-state index is -0.536. The van der Waals surface area contributed by atoms with Crippen LogP contribution in [0.25, 0.3) is 0 Å². The summed E-state index contributed by atoms with van der Waals surface area (Å²) in [5, 5.41) is 13.0.